The fourth-order valence-electron chi connectivity index (χ4n) is 2.89. The Morgan fingerprint density at radius 2 is 1.89 bits per heavy atom. The zero-order valence-electron chi connectivity index (χ0n) is 13.7. The number of hydrogen-bond acceptors (Lipinski definition) is 3. The van der Waals surface area contributed by atoms with Gasteiger partial charge in [0.05, 0.1) is 0 Å². The maximum Gasteiger partial charge on any atom is 0.0491 e. The van der Waals surface area contributed by atoms with E-state index in [1.54, 1.807) is 0 Å². The Morgan fingerprint density at radius 3 is 2.37 bits per heavy atom. The third-order valence-corrected chi connectivity index (χ3v) is 4.06. The number of methoxy groups -OCH3 is 1. The lowest BCUT2D eigenvalue weighted by Crippen LogP contribution is -2.50. The van der Waals surface area contributed by atoms with Crippen LogP contribution in [0.2, 0.25) is 0 Å². The van der Waals surface area contributed by atoms with Crippen LogP contribution in [0.4, 0.5) is 0 Å². The van der Waals surface area contributed by atoms with Crippen molar-refractivity contribution in [2.75, 3.05) is 33.4 Å². The van der Waals surface area contributed by atoms with E-state index in [-0.39, 0.29) is 5.54 Å². The summed E-state index contributed by atoms with van der Waals surface area (Å²) in [7, 11) is 1.82. The van der Waals surface area contributed by atoms with Crippen molar-refractivity contribution in [2.24, 2.45) is 5.92 Å². The van der Waals surface area contributed by atoms with Crippen molar-refractivity contribution in [1.82, 2.24) is 10.2 Å². The van der Waals surface area contributed by atoms with Gasteiger partial charge in [0, 0.05) is 31.8 Å². The second-order valence-electron chi connectivity index (χ2n) is 7.01. The van der Waals surface area contributed by atoms with Gasteiger partial charge in [0.1, 0.15) is 0 Å². The van der Waals surface area contributed by atoms with E-state index in [0.29, 0.717) is 6.04 Å². The zero-order chi connectivity index (χ0) is 14.3. The quantitative estimate of drug-likeness (QED) is 0.770. The number of hydrogen-bond donors (Lipinski definition) is 1. The highest BCUT2D eigenvalue weighted by Crippen LogP contribution is 2.21. The molecule has 114 valence electrons. The summed E-state index contributed by atoms with van der Waals surface area (Å²) in [5.41, 5.74) is 0.223. The summed E-state index contributed by atoms with van der Waals surface area (Å²) in [4.78, 5) is 2.69. The van der Waals surface area contributed by atoms with Gasteiger partial charge in [-0.15, -0.1) is 0 Å². The molecule has 0 bridgehead atoms. The molecule has 0 spiro atoms. The van der Waals surface area contributed by atoms with Crippen LogP contribution in [0.1, 0.15) is 53.4 Å². The molecular weight excluding hydrogens is 236 g/mol. The molecule has 19 heavy (non-hydrogen) atoms. The van der Waals surface area contributed by atoms with Gasteiger partial charge < -0.3 is 10.1 Å². The molecular formula is C16H34N2O. The van der Waals surface area contributed by atoms with Crippen molar-refractivity contribution < 1.29 is 4.74 Å². The average Bonchev–Trinajstić information content (AvgIpc) is 2.35. The van der Waals surface area contributed by atoms with Crippen LogP contribution >= 0.6 is 0 Å². The highest BCUT2D eigenvalue weighted by atomic mass is 16.5. The van der Waals surface area contributed by atoms with Crippen molar-refractivity contribution >= 4 is 0 Å². The van der Waals surface area contributed by atoms with Gasteiger partial charge in [0.25, 0.3) is 0 Å². The van der Waals surface area contributed by atoms with Gasteiger partial charge in [-0.05, 0) is 59.0 Å². The van der Waals surface area contributed by atoms with Crippen LogP contribution in [0.3, 0.4) is 0 Å². The largest absolute Gasteiger partial charge is 0.384 e. The van der Waals surface area contributed by atoms with Crippen LogP contribution < -0.4 is 5.32 Å². The summed E-state index contributed by atoms with van der Waals surface area (Å²) in [6, 6.07) is 0.702. The maximum atomic E-state index is 5.29. The van der Waals surface area contributed by atoms with E-state index >= 15 is 0 Å². The zero-order valence-corrected chi connectivity index (χ0v) is 13.7. The molecule has 1 rings (SSSR count). The lowest BCUT2D eigenvalue weighted by Gasteiger charge is -2.38. The van der Waals surface area contributed by atoms with E-state index in [9.17, 15) is 0 Å². The fourth-order valence-corrected chi connectivity index (χ4v) is 2.89. The normalized spacial score (nSPS) is 20.7. The molecule has 1 saturated heterocycles. The summed E-state index contributed by atoms with van der Waals surface area (Å²) in [6.45, 7) is 13.6. The first kappa shape index (κ1) is 16.9. The van der Waals surface area contributed by atoms with Crippen LogP contribution in [-0.4, -0.2) is 49.8 Å². The number of likely N-dealkylation sites (tertiary alicyclic amines) is 1. The number of piperidine rings is 1. The Labute approximate surface area is 120 Å². The molecule has 1 N–H and O–H groups in total. The summed E-state index contributed by atoms with van der Waals surface area (Å²) in [5, 5.41) is 3.67. The Balaban J connectivity index is 2.40. The minimum atomic E-state index is 0.223. The maximum absolute atomic E-state index is 5.29. The van der Waals surface area contributed by atoms with Crippen LogP contribution in [-0.2, 0) is 4.74 Å². The van der Waals surface area contributed by atoms with Crippen molar-refractivity contribution in [3.63, 3.8) is 0 Å². The number of rotatable bonds is 7. The van der Waals surface area contributed by atoms with Gasteiger partial charge >= 0.3 is 0 Å². The van der Waals surface area contributed by atoms with Crippen LogP contribution in [0, 0.1) is 5.92 Å². The summed E-state index contributed by atoms with van der Waals surface area (Å²) >= 11 is 0. The van der Waals surface area contributed by atoms with E-state index in [1.165, 1.54) is 38.8 Å². The van der Waals surface area contributed by atoms with Crippen LogP contribution in [0.15, 0.2) is 0 Å². The number of nitrogens with zero attached hydrogens (tertiary/aromatic N) is 1. The molecule has 3 heteroatoms. The highest BCUT2D eigenvalue weighted by Gasteiger charge is 2.25. The van der Waals surface area contributed by atoms with Gasteiger partial charge in [-0.25, -0.2) is 0 Å². The third-order valence-electron chi connectivity index (χ3n) is 4.06. The first-order valence-corrected chi connectivity index (χ1v) is 7.94. The molecule has 1 aliphatic heterocycles. The lowest BCUT2D eigenvalue weighted by atomic mass is 9.95. The summed E-state index contributed by atoms with van der Waals surface area (Å²) in [6.07, 6.45) is 5.17. The van der Waals surface area contributed by atoms with Crippen LogP contribution in [0.25, 0.3) is 0 Å². The molecule has 1 unspecified atom stereocenters. The van der Waals surface area contributed by atoms with Crippen molar-refractivity contribution in [3.05, 3.63) is 0 Å². The molecule has 0 aliphatic carbocycles. The predicted molar refractivity (Wildman–Crippen MR) is 82.6 cm³/mol. The minimum Gasteiger partial charge on any atom is -0.384 e. The third kappa shape index (κ3) is 6.73. The summed E-state index contributed by atoms with van der Waals surface area (Å²) < 4.78 is 5.29. The Hall–Kier alpha value is -0.120. The number of nitrogens with one attached hydrogen (secondary N) is 1. The van der Waals surface area contributed by atoms with Crippen molar-refractivity contribution in [1.29, 1.82) is 0 Å². The lowest BCUT2D eigenvalue weighted by molar-refractivity contribution is 0.0747. The molecule has 1 heterocycles. The average molecular weight is 270 g/mol. The van der Waals surface area contributed by atoms with Gasteiger partial charge in [0.2, 0.25) is 0 Å². The SMILES string of the molecule is CCCC(CNC(C)(C)C)N1CCC(COC)CC1. The molecule has 0 saturated carbocycles. The Kier molecular flexibility index (Phi) is 7.33. The Bertz CT molecular complexity index is 229. The standard InChI is InChI=1S/C16H34N2O/c1-6-7-15(12-17-16(2,3)4)18-10-8-14(9-11-18)13-19-5/h14-15,17H,6-13H2,1-5H3. The molecule has 0 aromatic carbocycles. The smallest absolute Gasteiger partial charge is 0.0491 e. The second kappa shape index (κ2) is 8.23. The molecule has 1 aliphatic rings. The monoisotopic (exact) mass is 270 g/mol. The molecule has 0 aromatic heterocycles. The summed E-state index contributed by atoms with van der Waals surface area (Å²) in [5.74, 6) is 0.777. The second-order valence-corrected chi connectivity index (χ2v) is 7.01. The van der Waals surface area contributed by atoms with E-state index < -0.39 is 0 Å². The van der Waals surface area contributed by atoms with Gasteiger partial charge in [0.15, 0.2) is 0 Å². The van der Waals surface area contributed by atoms with Crippen molar-refractivity contribution in [3.8, 4) is 0 Å². The highest BCUT2D eigenvalue weighted by molar-refractivity contribution is 4.82. The predicted octanol–water partition coefficient (Wildman–Crippen LogP) is 2.90. The van der Waals surface area contributed by atoms with Crippen molar-refractivity contribution in [2.45, 2.75) is 65.0 Å². The van der Waals surface area contributed by atoms with E-state index in [0.717, 1.165) is 19.1 Å². The van der Waals surface area contributed by atoms with E-state index in [1.807, 2.05) is 7.11 Å². The van der Waals surface area contributed by atoms with E-state index in [4.69, 9.17) is 4.74 Å². The molecule has 0 aromatic rings. The first-order chi connectivity index (χ1) is 8.96. The Morgan fingerprint density at radius 1 is 1.26 bits per heavy atom. The minimum absolute atomic E-state index is 0.223. The van der Waals surface area contributed by atoms with Gasteiger partial charge in [-0.1, -0.05) is 13.3 Å². The molecule has 1 atom stereocenters. The molecule has 0 radical (unpaired) electrons. The number of ether oxygens (including phenoxy) is 1. The van der Waals surface area contributed by atoms with Gasteiger partial charge in [-0.2, -0.15) is 0 Å². The topological polar surface area (TPSA) is 24.5 Å². The van der Waals surface area contributed by atoms with E-state index in [2.05, 4.69) is 37.9 Å². The first-order valence-electron chi connectivity index (χ1n) is 7.94. The molecule has 0 amide bonds. The molecule has 3 nitrogen and oxygen atoms in total. The van der Waals surface area contributed by atoms with Gasteiger partial charge in [-0.3, -0.25) is 4.90 Å². The fraction of sp³-hybridized carbons (Fsp3) is 1.00. The molecule has 1 fully saturated rings. The van der Waals surface area contributed by atoms with Crippen LogP contribution in [0.5, 0.6) is 0 Å².